The quantitative estimate of drug-likeness (QED) is 0.770. The average molecular weight is 346 g/mol. The summed E-state index contributed by atoms with van der Waals surface area (Å²) in [7, 11) is 3.25. The van der Waals surface area contributed by atoms with E-state index in [0.29, 0.717) is 19.7 Å². The van der Waals surface area contributed by atoms with Gasteiger partial charge in [0.1, 0.15) is 11.6 Å². The lowest BCUT2D eigenvalue weighted by molar-refractivity contribution is 0.145. The van der Waals surface area contributed by atoms with Crippen LogP contribution < -0.4 is 10.1 Å². The highest BCUT2D eigenvalue weighted by Gasteiger charge is 2.18. The van der Waals surface area contributed by atoms with E-state index in [4.69, 9.17) is 9.47 Å². The van der Waals surface area contributed by atoms with Gasteiger partial charge in [0.25, 0.3) is 0 Å². The highest BCUT2D eigenvalue weighted by atomic mass is 16.5. The maximum Gasteiger partial charge on any atom is 0.318 e. The lowest BCUT2D eigenvalue weighted by atomic mass is 10.2. The molecule has 0 aliphatic carbocycles. The number of hydrogen-bond acceptors (Lipinski definition) is 4. The van der Waals surface area contributed by atoms with Gasteiger partial charge in [-0.2, -0.15) is 0 Å². The van der Waals surface area contributed by atoms with E-state index >= 15 is 0 Å². The van der Waals surface area contributed by atoms with Crippen molar-refractivity contribution in [3.05, 3.63) is 47.5 Å². The summed E-state index contributed by atoms with van der Waals surface area (Å²) in [5, 5.41) is 2.97. The van der Waals surface area contributed by atoms with Crippen molar-refractivity contribution in [2.75, 3.05) is 27.4 Å². The Kier molecular flexibility index (Phi) is 6.82. The number of carbonyl (C=O) groups is 1. The maximum atomic E-state index is 12.7. The molecule has 25 heavy (non-hydrogen) atoms. The SMILES string of the molecule is COCCN(Cc1cccc(OC)c1)C(=O)NC(C)c1ncc(C)[nH]1. The molecule has 0 aliphatic heterocycles. The lowest BCUT2D eigenvalue weighted by Gasteiger charge is -2.25. The molecule has 1 unspecified atom stereocenters. The number of carbonyl (C=O) groups excluding carboxylic acids is 1. The molecule has 0 saturated carbocycles. The van der Waals surface area contributed by atoms with Gasteiger partial charge in [0, 0.05) is 32.1 Å². The molecule has 136 valence electrons. The fourth-order valence-electron chi connectivity index (χ4n) is 2.44. The molecule has 2 amide bonds. The number of urea groups is 1. The van der Waals surface area contributed by atoms with Crippen LogP contribution in [-0.4, -0.2) is 48.3 Å². The van der Waals surface area contributed by atoms with E-state index in [1.807, 2.05) is 38.1 Å². The van der Waals surface area contributed by atoms with Crippen LogP contribution in [0, 0.1) is 6.92 Å². The minimum atomic E-state index is -0.212. The zero-order valence-corrected chi connectivity index (χ0v) is 15.2. The zero-order chi connectivity index (χ0) is 18.2. The first-order valence-corrected chi connectivity index (χ1v) is 8.22. The third-order valence-corrected chi connectivity index (χ3v) is 3.83. The van der Waals surface area contributed by atoms with Crippen molar-refractivity contribution in [1.82, 2.24) is 20.2 Å². The smallest absolute Gasteiger partial charge is 0.318 e. The van der Waals surface area contributed by atoms with Crippen molar-refractivity contribution in [3.63, 3.8) is 0 Å². The molecule has 0 aliphatic rings. The molecule has 1 aromatic carbocycles. The molecule has 2 rings (SSSR count). The van der Waals surface area contributed by atoms with Crippen molar-refractivity contribution in [2.24, 2.45) is 0 Å². The number of imidazole rings is 1. The summed E-state index contributed by atoms with van der Waals surface area (Å²) >= 11 is 0. The first kappa shape index (κ1) is 18.8. The van der Waals surface area contributed by atoms with E-state index in [1.54, 1.807) is 25.3 Å². The molecule has 2 N–H and O–H groups in total. The minimum Gasteiger partial charge on any atom is -0.497 e. The molecular formula is C18H26N4O3. The van der Waals surface area contributed by atoms with Crippen molar-refractivity contribution >= 4 is 6.03 Å². The number of methoxy groups -OCH3 is 2. The van der Waals surface area contributed by atoms with E-state index in [0.717, 1.165) is 22.8 Å². The van der Waals surface area contributed by atoms with Gasteiger partial charge >= 0.3 is 6.03 Å². The molecule has 1 atom stereocenters. The Bertz CT molecular complexity index is 686. The predicted octanol–water partition coefficient (Wildman–Crippen LogP) is 2.65. The van der Waals surface area contributed by atoms with Crippen LogP contribution in [0.4, 0.5) is 4.79 Å². The maximum absolute atomic E-state index is 12.7. The fraction of sp³-hybridized carbons (Fsp3) is 0.444. The second kappa shape index (κ2) is 9.08. The molecule has 0 radical (unpaired) electrons. The number of H-pyrrole nitrogens is 1. The van der Waals surface area contributed by atoms with Gasteiger partial charge in [-0.05, 0) is 31.5 Å². The Morgan fingerprint density at radius 3 is 2.84 bits per heavy atom. The summed E-state index contributed by atoms with van der Waals surface area (Å²) in [6, 6.07) is 7.30. The second-order valence-electron chi connectivity index (χ2n) is 5.89. The third-order valence-electron chi connectivity index (χ3n) is 3.83. The summed E-state index contributed by atoms with van der Waals surface area (Å²) in [5.74, 6) is 1.50. The highest BCUT2D eigenvalue weighted by Crippen LogP contribution is 2.15. The van der Waals surface area contributed by atoms with Crippen LogP contribution in [0.15, 0.2) is 30.5 Å². The van der Waals surface area contributed by atoms with Gasteiger partial charge in [-0.25, -0.2) is 9.78 Å². The fourth-order valence-corrected chi connectivity index (χ4v) is 2.44. The Morgan fingerprint density at radius 2 is 2.20 bits per heavy atom. The molecule has 0 saturated heterocycles. The van der Waals surface area contributed by atoms with Gasteiger partial charge in [0.15, 0.2) is 0 Å². The molecular weight excluding hydrogens is 320 g/mol. The first-order valence-electron chi connectivity index (χ1n) is 8.22. The summed E-state index contributed by atoms with van der Waals surface area (Å²) in [4.78, 5) is 21.8. The standard InChI is InChI=1S/C18H26N4O3/c1-13-11-19-17(20-13)14(2)21-18(23)22(8-9-24-3)12-15-6-5-7-16(10-15)25-4/h5-7,10-11,14H,8-9,12H2,1-4H3,(H,19,20)(H,21,23). The third kappa shape index (κ3) is 5.49. The van der Waals surface area contributed by atoms with Gasteiger partial charge in [-0.3, -0.25) is 0 Å². The minimum absolute atomic E-state index is 0.165. The zero-order valence-electron chi connectivity index (χ0n) is 15.2. The second-order valence-corrected chi connectivity index (χ2v) is 5.89. The van der Waals surface area contributed by atoms with Crippen LogP contribution in [-0.2, 0) is 11.3 Å². The average Bonchev–Trinajstić information content (AvgIpc) is 3.05. The number of rotatable bonds is 8. The predicted molar refractivity (Wildman–Crippen MR) is 95.6 cm³/mol. The highest BCUT2D eigenvalue weighted by molar-refractivity contribution is 5.74. The van der Waals surface area contributed by atoms with Gasteiger partial charge in [0.2, 0.25) is 0 Å². The van der Waals surface area contributed by atoms with Gasteiger partial charge < -0.3 is 24.7 Å². The van der Waals surface area contributed by atoms with Crippen LogP contribution in [0.5, 0.6) is 5.75 Å². The van der Waals surface area contributed by atoms with Crippen molar-refractivity contribution in [1.29, 1.82) is 0 Å². The van der Waals surface area contributed by atoms with Crippen LogP contribution in [0.1, 0.15) is 30.0 Å². The van der Waals surface area contributed by atoms with Crippen LogP contribution in [0.25, 0.3) is 0 Å². The molecule has 7 nitrogen and oxygen atoms in total. The van der Waals surface area contributed by atoms with Crippen molar-refractivity contribution in [3.8, 4) is 5.75 Å². The number of aryl methyl sites for hydroxylation is 1. The number of nitrogens with zero attached hydrogens (tertiary/aromatic N) is 2. The lowest BCUT2D eigenvalue weighted by Crippen LogP contribution is -2.42. The normalized spacial score (nSPS) is 11.8. The van der Waals surface area contributed by atoms with Crippen molar-refractivity contribution in [2.45, 2.75) is 26.4 Å². The van der Waals surface area contributed by atoms with E-state index in [9.17, 15) is 4.79 Å². The Hall–Kier alpha value is -2.54. The van der Waals surface area contributed by atoms with Crippen LogP contribution >= 0.6 is 0 Å². The molecule has 0 spiro atoms. The number of hydrogen-bond donors (Lipinski definition) is 2. The molecule has 2 aromatic rings. The largest absolute Gasteiger partial charge is 0.497 e. The summed E-state index contributed by atoms with van der Waals surface area (Å²) in [6.07, 6.45) is 1.75. The topological polar surface area (TPSA) is 79.5 Å². The van der Waals surface area contributed by atoms with Crippen LogP contribution in [0.2, 0.25) is 0 Å². The van der Waals surface area contributed by atoms with E-state index in [-0.39, 0.29) is 12.1 Å². The van der Waals surface area contributed by atoms with E-state index < -0.39 is 0 Å². The summed E-state index contributed by atoms with van der Waals surface area (Å²) in [6.45, 7) is 5.25. The van der Waals surface area contributed by atoms with E-state index in [2.05, 4.69) is 15.3 Å². The van der Waals surface area contributed by atoms with Gasteiger partial charge in [-0.15, -0.1) is 0 Å². The molecule has 0 fully saturated rings. The number of aromatic nitrogens is 2. The Labute approximate surface area is 148 Å². The number of aromatic amines is 1. The van der Waals surface area contributed by atoms with Gasteiger partial charge in [0.05, 0.1) is 19.8 Å². The number of benzene rings is 1. The summed E-state index contributed by atoms with van der Waals surface area (Å²) in [5.41, 5.74) is 1.95. The molecule has 1 heterocycles. The molecule has 0 bridgehead atoms. The monoisotopic (exact) mass is 346 g/mol. The number of ether oxygens (including phenoxy) is 2. The van der Waals surface area contributed by atoms with Crippen molar-refractivity contribution < 1.29 is 14.3 Å². The number of amides is 2. The molecule has 1 aromatic heterocycles. The Balaban J connectivity index is 2.05. The molecule has 7 heteroatoms. The first-order chi connectivity index (χ1) is 12.0. The van der Waals surface area contributed by atoms with E-state index in [1.165, 1.54) is 0 Å². The Morgan fingerprint density at radius 1 is 1.40 bits per heavy atom. The number of nitrogens with one attached hydrogen (secondary N) is 2. The van der Waals surface area contributed by atoms with Crippen LogP contribution in [0.3, 0.4) is 0 Å². The summed E-state index contributed by atoms with van der Waals surface area (Å²) < 4.78 is 10.4. The van der Waals surface area contributed by atoms with Gasteiger partial charge in [-0.1, -0.05) is 12.1 Å².